The first-order chi connectivity index (χ1) is 15.2. The van der Waals surface area contributed by atoms with E-state index >= 15 is 0 Å². The van der Waals surface area contributed by atoms with Gasteiger partial charge in [-0.2, -0.15) is 0 Å². The molecule has 5 heteroatoms. The zero-order valence-electron chi connectivity index (χ0n) is 18.9. The van der Waals surface area contributed by atoms with E-state index in [9.17, 15) is 0 Å². The van der Waals surface area contributed by atoms with Crippen LogP contribution in [0, 0.1) is 6.92 Å². The van der Waals surface area contributed by atoms with Gasteiger partial charge in [-0.25, -0.2) is 0 Å². The number of ether oxygens (including phenoxy) is 1. The van der Waals surface area contributed by atoms with Crippen LogP contribution in [0.3, 0.4) is 0 Å². The van der Waals surface area contributed by atoms with Crippen LogP contribution < -0.4 is 4.90 Å². The van der Waals surface area contributed by atoms with Gasteiger partial charge in [-0.3, -0.25) is 9.88 Å². The maximum Gasteiger partial charge on any atom is 0.0780 e. The van der Waals surface area contributed by atoms with Gasteiger partial charge in [0.05, 0.1) is 18.9 Å². The van der Waals surface area contributed by atoms with Crippen LogP contribution >= 0.6 is 0 Å². The number of morpholine rings is 1. The normalized spacial score (nSPS) is 20.1. The molecule has 3 aliphatic rings. The van der Waals surface area contributed by atoms with Gasteiger partial charge in [0, 0.05) is 68.3 Å². The third-order valence-electron chi connectivity index (χ3n) is 6.89. The molecule has 0 spiro atoms. The van der Waals surface area contributed by atoms with Crippen LogP contribution in [0.25, 0.3) is 17.3 Å². The Morgan fingerprint density at radius 3 is 2.39 bits per heavy atom. The highest BCUT2D eigenvalue weighted by Gasteiger charge is 2.22. The molecule has 1 aromatic carbocycles. The molecule has 164 valence electrons. The third-order valence-corrected chi connectivity index (χ3v) is 6.89. The van der Waals surface area contributed by atoms with Gasteiger partial charge in [-0.15, -0.1) is 0 Å². The molecule has 0 amide bonds. The monoisotopic (exact) mass is 418 g/mol. The highest BCUT2D eigenvalue weighted by molar-refractivity contribution is 5.79. The second kappa shape index (κ2) is 9.11. The summed E-state index contributed by atoms with van der Waals surface area (Å²) in [4.78, 5) is 12.5. The zero-order valence-corrected chi connectivity index (χ0v) is 18.9. The Kier molecular flexibility index (Phi) is 6.08. The number of fused-ring (bicyclic) bond motifs is 1. The maximum atomic E-state index is 5.51. The molecule has 0 radical (unpaired) electrons. The molecule has 2 fully saturated rings. The summed E-state index contributed by atoms with van der Waals surface area (Å²) >= 11 is 0. The van der Waals surface area contributed by atoms with E-state index < -0.39 is 0 Å². The summed E-state index contributed by atoms with van der Waals surface area (Å²) in [6, 6.07) is 11.3. The maximum absolute atomic E-state index is 5.51. The summed E-state index contributed by atoms with van der Waals surface area (Å²) in [5.41, 5.74) is 9.02. The van der Waals surface area contributed by atoms with Crippen LogP contribution in [0.5, 0.6) is 0 Å². The average molecular weight is 419 g/mol. The molecular weight excluding hydrogens is 384 g/mol. The van der Waals surface area contributed by atoms with Crippen LogP contribution in [0.1, 0.15) is 23.7 Å². The molecular formula is C26H34N4O. The number of aryl methyl sites for hydroxylation is 1. The SMILES string of the molecule is CCN1CCN(c2ccc(-c3nc(C)cc4c3C=C(CN3CCOCC3)C4)cc2)CC1. The largest absolute Gasteiger partial charge is 0.379 e. The molecule has 2 saturated heterocycles. The molecule has 5 nitrogen and oxygen atoms in total. The number of benzene rings is 1. The summed E-state index contributed by atoms with van der Waals surface area (Å²) in [6.45, 7) is 14.9. The van der Waals surface area contributed by atoms with Crippen molar-refractivity contribution < 1.29 is 4.74 Å². The van der Waals surface area contributed by atoms with E-state index in [1.165, 1.54) is 28.0 Å². The number of hydrogen-bond acceptors (Lipinski definition) is 5. The van der Waals surface area contributed by atoms with Crippen molar-refractivity contribution in [1.29, 1.82) is 0 Å². The summed E-state index contributed by atoms with van der Waals surface area (Å²) in [7, 11) is 0. The topological polar surface area (TPSA) is 31.8 Å². The lowest BCUT2D eigenvalue weighted by atomic mass is 10.0. The van der Waals surface area contributed by atoms with E-state index in [1.54, 1.807) is 0 Å². The first-order valence-corrected chi connectivity index (χ1v) is 11.8. The minimum Gasteiger partial charge on any atom is -0.379 e. The van der Waals surface area contributed by atoms with E-state index in [0.717, 1.165) is 83.4 Å². The quantitative estimate of drug-likeness (QED) is 0.742. The predicted molar refractivity (Wildman–Crippen MR) is 128 cm³/mol. The van der Waals surface area contributed by atoms with Gasteiger partial charge in [-0.1, -0.05) is 30.7 Å². The Morgan fingerprint density at radius 1 is 0.935 bits per heavy atom. The van der Waals surface area contributed by atoms with Crippen molar-refractivity contribution in [2.24, 2.45) is 0 Å². The molecule has 2 aliphatic heterocycles. The van der Waals surface area contributed by atoms with Crippen LogP contribution in [0.15, 0.2) is 35.9 Å². The van der Waals surface area contributed by atoms with Gasteiger partial charge in [0.25, 0.3) is 0 Å². The van der Waals surface area contributed by atoms with Crippen molar-refractivity contribution in [1.82, 2.24) is 14.8 Å². The fourth-order valence-corrected chi connectivity index (χ4v) is 5.08. The molecule has 5 rings (SSSR count). The molecule has 31 heavy (non-hydrogen) atoms. The Balaban J connectivity index is 1.35. The predicted octanol–water partition coefficient (Wildman–Crippen LogP) is 3.47. The number of nitrogens with zero attached hydrogens (tertiary/aromatic N) is 4. The van der Waals surface area contributed by atoms with Crippen molar-refractivity contribution in [3.63, 3.8) is 0 Å². The molecule has 3 heterocycles. The van der Waals surface area contributed by atoms with Gasteiger partial charge in [0.15, 0.2) is 0 Å². The Hall–Kier alpha value is -2.21. The van der Waals surface area contributed by atoms with Crippen LogP contribution in [-0.2, 0) is 11.2 Å². The first-order valence-electron chi connectivity index (χ1n) is 11.8. The average Bonchev–Trinajstić information content (AvgIpc) is 3.21. The smallest absolute Gasteiger partial charge is 0.0780 e. The molecule has 0 atom stereocenters. The van der Waals surface area contributed by atoms with Crippen LogP contribution in [-0.4, -0.2) is 80.4 Å². The lowest BCUT2D eigenvalue weighted by molar-refractivity contribution is 0.0422. The minimum absolute atomic E-state index is 0.853. The summed E-state index contributed by atoms with van der Waals surface area (Å²) in [5, 5.41) is 0. The number of hydrogen-bond donors (Lipinski definition) is 0. The number of piperazine rings is 1. The lowest BCUT2D eigenvalue weighted by Gasteiger charge is -2.35. The van der Waals surface area contributed by atoms with E-state index in [2.05, 4.69) is 65.0 Å². The summed E-state index contributed by atoms with van der Waals surface area (Å²) in [5.74, 6) is 0. The number of aromatic nitrogens is 1. The van der Waals surface area contributed by atoms with Crippen molar-refractivity contribution >= 4 is 11.8 Å². The van der Waals surface area contributed by atoms with E-state index in [-0.39, 0.29) is 0 Å². The van der Waals surface area contributed by atoms with Gasteiger partial charge in [-0.05, 0) is 43.7 Å². The Labute approximate surface area is 186 Å². The summed E-state index contributed by atoms with van der Waals surface area (Å²) in [6.07, 6.45) is 3.44. The lowest BCUT2D eigenvalue weighted by Crippen LogP contribution is -2.46. The molecule has 0 bridgehead atoms. The highest BCUT2D eigenvalue weighted by atomic mass is 16.5. The fraction of sp³-hybridized carbons (Fsp3) is 0.500. The Bertz CT molecular complexity index is 939. The number of rotatable bonds is 5. The third kappa shape index (κ3) is 4.54. The van der Waals surface area contributed by atoms with Gasteiger partial charge < -0.3 is 14.5 Å². The molecule has 2 aromatic rings. The van der Waals surface area contributed by atoms with E-state index in [0.29, 0.717) is 0 Å². The van der Waals surface area contributed by atoms with Gasteiger partial charge in [0.1, 0.15) is 0 Å². The van der Waals surface area contributed by atoms with Crippen molar-refractivity contribution in [2.75, 3.05) is 70.5 Å². The number of pyridine rings is 1. The van der Waals surface area contributed by atoms with Crippen LogP contribution in [0.4, 0.5) is 5.69 Å². The van der Waals surface area contributed by atoms with Crippen molar-refractivity contribution in [2.45, 2.75) is 20.3 Å². The summed E-state index contributed by atoms with van der Waals surface area (Å²) < 4.78 is 5.51. The number of likely N-dealkylation sites (N-methyl/N-ethyl adjacent to an activating group) is 1. The van der Waals surface area contributed by atoms with Gasteiger partial charge in [0.2, 0.25) is 0 Å². The molecule has 1 aromatic heterocycles. The molecule has 1 aliphatic carbocycles. The highest BCUT2D eigenvalue weighted by Crippen LogP contribution is 2.34. The van der Waals surface area contributed by atoms with Gasteiger partial charge >= 0.3 is 0 Å². The minimum atomic E-state index is 0.853. The molecule has 0 unspecified atom stereocenters. The number of anilines is 1. The van der Waals surface area contributed by atoms with Crippen LogP contribution in [0.2, 0.25) is 0 Å². The van der Waals surface area contributed by atoms with E-state index in [1.807, 2.05) is 0 Å². The molecule has 0 saturated carbocycles. The zero-order chi connectivity index (χ0) is 21.2. The standard InChI is InChI=1S/C26H34N4O/c1-3-28-8-10-30(11-9-28)24-6-4-22(5-7-24)26-25-18-21(17-23(25)16-20(2)27-26)19-29-12-14-31-15-13-29/h4-7,16,18H,3,8-15,17,19H2,1-2H3. The van der Waals surface area contributed by atoms with Crippen molar-refractivity contribution in [3.8, 4) is 11.3 Å². The first kappa shape index (κ1) is 20.7. The van der Waals surface area contributed by atoms with Crippen molar-refractivity contribution in [3.05, 3.63) is 52.7 Å². The van der Waals surface area contributed by atoms with E-state index in [4.69, 9.17) is 9.72 Å². The fourth-order valence-electron chi connectivity index (χ4n) is 5.08. The Morgan fingerprint density at radius 2 is 1.68 bits per heavy atom. The second-order valence-corrected chi connectivity index (χ2v) is 9.02. The second-order valence-electron chi connectivity index (χ2n) is 9.02. The molecule has 0 N–H and O–H groups in total.